The van der Waals surface area contributed by atoms with Crippen molar-refractivity contribution in [3.8, 4) is 11.1 Å². The normalized spacial score (nSPS) is 20.3. The molecule has 5 rings (SSSR count). The van der Waals surface area contributed by atoms with Gasteiger partial charge in [0.2, 0.25) is 4.21 Å². The Kier molecular flexibility index (Phi) is 5.02. The predicted molar refractivity (Wildman–Crippen MR) is 124 cm³/mol. The number of rotatable bonds is 4. The minimum atomic E-state index is -1.11. The Morgan fingerprint density at radius 2 is 2.03 bits per heavy atom. The number of aromatic nitrogens is 1. The highest BCUT2D eigenvalue weighted by atomic mass is 32.2. The number of hydrogen-bond acceptors (Lipinski definition) is 7. The average Bonchev–Trinajstić information content (AvgIpc) is 3.05. The van der Waals surface area contributed by atoms with Crippen molar-refractivity contribution in [2.24, 2.45) is 4.99 Å². The van der Waals surface area contributed by atoms with E-state index in [1.54, 1.807) is 24.4 Å². The van der Waals surface area contributed by atoms with Gasteiger partial charge in [0.1, 0.15) is 22.0 Å². The first-order chi connectivity index (χ1) is 14.5. The third-order valence-electron chi connectivity index (χ3n) is 5.65. The Labute approximate surface area is 181 Å². The summed E-state index contributed by atoms with van der Waals surface area (Å²) in [5.74, 6) is 0. The minimum absolute atomic E-state index is 0.191. The number of thiophene rings is 1. The molecule has 0 amide bonds. The number of aliphatic hydroxyl groups is 1. The van der Waals surface area contributed by atoms with Gasteiger partial charge in [-0.3, -0.25) is 0 Å². The number of nitrogens with zero attached hydrogens (tertiary/aromatic N) is 3. The van der Waals surface area contributed by atoms with Crippen LogP contribution in [0.2, 0.25) is 0 Å². The van der Waals surface area contributed by atoms with Crippen molar-refractivity contribution in [2.45, 2.75) is 34.9 Å². The van der Waals surface area contributed by atoms with Gasteiger partial charge < -0.3 is 20.3 Å². The fourth-order valence-corrected chi connectivity index (χ4v) is 6.85. The number of nitrogen functional groups attached to an aromatic ring is 1. The zero-order chi connectivity index (χ0) is 20.8. The van der Waals surface area contributed by atoms with Crippen molar-refractivity contribution in [1.29, 1.82) is 0 Å². The Hall–Kier alpha value is -2.39. The van der Waals surface area contributed by atoms with Gasteiger partial charge in [0.05, 0.1) is 17.7 Å². The SMILES string of the molecule is CN1C=NC(c2cc(-c3ccccc3)c3c(N)c([S@+]([O-])C4CCC4)sc3n2)=CC1O. The number of fused-ring (bicyclic) bond motifs is 1. The van der Waals surface area contributed by atoms with Crippen molar-refractivity contribution in [3.63, 3.8) is 0 Å². The van der Waals surface area contributed by atoms with Crippen molar-refractivity contribution < 1.29 is 9.66 Å². The van der Waals surface area contributed by atoms with E-state index in [2.05, 4.69) is 4.99 Å². The smallest absolute Gasteiger partial charge is 0.232 e. The first kappa shape index (κ1) is 19.6. The number of likely N-dealkylation sites (N-methyl/N-ethyl adjacent to an activating group) is 1. The van der Waals surface area contributed by atoms with Crippen LogP contribution in [0, 0.1) is 0 Å². The summed E-state index contributed by atoms with van der Waals surface area (Å²) in [6, 6.07) is 11.9. The number of aliphatic imine (C=N–C) groups is 1. The van der Waals surface area contributed by atoms with Crippen molar-refractivity contribution in [1.82, 2.24) is 9.88 Å². The van der Waals surface area contributed by atoms with E-state index in [-0.39, 0.29) is 5.25 Å². The van der Waals surface area contributed by atoms with Gasteiger partial charge in [0, 0.05) is 23.6 Å². The Balaban J connectivity index is 1.70. The third-order valence-corrected chi connectivity index (χ3v) is 8.95. The number of aliphatic hydroxyl groups excluding tert-OH is 1. The molecule has 3 aromatic rings. The summed E-state index contributed by atoms with van der Waals surface area (Å²) in [6.07, 6.45) is 5.60. The Bertz CT molecular complexity index is 1150. The number of benzene rings is 1. The predicted octanol–water partition coefficient (Wildman–Crippen LogP) is 3.84. The van der Waals surface area contributed by atoms with Gasteiger partial charge >= 0.3 is 0 Å². The highest BCUT2D eigenvalue weighted by Gasteiger charge is 2.35. The molecule has 0 spiro atoms. The van der Waals surface area contributed by atoms with E-state index < -0.39 is 17.4 Å². The molecule has 154 valence electrons. The van der Waals surface area contributed by atoms with E-state index in [1.807, 2.05) is 36.4 Å². The molecule has 6 nitrogen and oxygen atoms in total. The molecule has 1 aliphatic heterocycles. The standard InChI is InChI=1S/C22H22N4O2S2/c1-26-12-24-16(11-18(26)27)17-10-15(13-6-3-2-4-7-13)19-20(23)22(29-21(19)25-17)30(28)14-8-5-9-14/h2-4,6-7,10-12,14,18,27H,5,8-9,23H2,1H3/t18?,30-/m1/s1. The van der Waals surface area contributed by atoms with Gasteiger partial charge in [0.15, 0.2) is 0 Å². The number of anilines is 1. The van der Waals surface area contributed by atoms with Gasteiger partial charge in [-0.1, -0.05) is 41.7 Å². The summed E-state index contributed by atoms with van der Waals surface area (Å²) in [4.78, 5) is 11.6. The molecular formula is C22H22N4O2S2. The molecule has 1 aliphatic carbocycles. The molecule has 8 heteroatoms. The van der Waals surface area contributed by atoms with Crippen LogP contribution in [0.4, 0.5) is 5.69 Å². The lowest BCUT2D eigenvalue weighted by Crippen LogP contribution is -2.30. The van der Waals surface area contributed by atoms with Crippen LogP contribution in [-0.4, -0.2) is 44.4 Å². The highest BCUT2D eigenvalue weighted by Crippen LogP contribution is 2.45. The average molecular weight is 439 g/mol. The monoisotopic (exact) mass is 438 g/mol. The molecule has 0 saturated heterocycles. The maximum absolute atomic E-state index is 13.1. The molecule has 3 heterocycles. The zero-order valence-corrected chi connectivity index (χ0v) is 18.1. The fourth-order valence-electron chi connectivity index (χ4n) is 3.64. The quantitative estimate of drug-likeness (QED) is 0.603. The van der Waals surface area contributed by atoms with Crippen LogP contribution in [0.1, 0.15) is 25.0 Å². The maximum atomic E-state index is 13.1. The lowest BCUT2D eigenvalue weighted by atomic mass is 10.00. The second kappa shape index (κ2) is 7.70. The molecule has 1 fully saturated rings. The minimum Gasteiger partial charge on any atom is -0.611 e. The van der Waals surface area contributed by atoms with E-state index in [1.165, 1.54) is 11.3 Å². The van der Waals surface area contributed by atoms with Crippen LogP contribution in [-0.2, 0) is 11.2 Å². The van der Waals surface area contributed by atoms with Crippen LogP contribution < -0.4 is 5.73 Å². The first-order valence-electron chi connectivity index (χ1n) is 9.88. The summed E-state index contributed by atoms with van der Waals surface area (Å²) in [7, 11) is 1.76. The number of pyridine rings is 1. The number of hydrogen-bond donors (Lipinski definition) is 2. The molecule has 1 saturated carbocycles. The molecule has 2 atom stereocenters. The van der Waals surface area contributed by atoms with Crippen LogP contribution >= 0.6 is 11.3 Å². The fraction of sp³-hybridized carbons (Fsp3) is 0.273. The molecule has 0 bridgehead atoms. The van der Waals surface area contributed by atoms with Crippen LogP contribution in [0.15, 0.2) is 51.7 Å². The Morgan fingerprint density at radius 3 is 2.70 bits per heavy atom. The van der Waals surface area contributed by atoms with Gasteiger partial charge in [-0.05, 0) is 42.5 Å². The molecule has 2 aromatic heterocycles. The van der Waals surface area contributed by atoms with E-state index in [9.17, 15) is 9.66 Å². The summed E-state index contributed by atoms with van der Waals surface area (Å²) in [5.41, 5.74) is 10.3. The van der Waals surface area contributed by atoms with Crippen LogP contribution in [0.3, 0.4) is 0 Å². The summed E-state index contributed by atoms with van der Waals surface area (Å²) < 4.78 is 13.8. The zero-order valence-electron chi connectivity index (χ0n) is 16.5. The molecule has 0 radical (unpaired) electrons. The van der Waals surface area contributed by atoms with Crippen molar-refractivity contribution >= 4 is 50.5 Å². The van der Waals surface area contributed by atoms with Gasteiger partial charge in [0.25, 0.3) is 0 Å². The number of nitrogens with two attached hydrogens (primary N) is 1. The molecule has 30 heavy (non-hydrogen) atoms. The van der Waals surface area contributed by atoms with Crippen molar-refractivity contribution in [2.75, 3.05) is 12.8 Å². The van der Waals surface area contributed by atoms with Gasteiger partial charge in [-0.2, -0.15) is 0 Å². The van der Waals surface area contributed by atoms with Gasteiger partial charge in [-0.25, -0.2) is 9.98 Å². The largest absolute Gasteiger partial charge is 0.611 e. The summed E-state index contributed by atoms with van der Waals surface area (Å²) in [5, 5.41) is 11.2. The lowest BCUT2D eigenvalue weighted by molar-refractivity contribution is 0.117. The lowest BCUT2D eigenvalue weighted by Gasteiger charge is -2.27. The third kappa shape index (κ3) is 3.30. The summed E-state index contributed by atoms with van der Waals surface area (Å²) >= 11 is 0.300. The summed E-state index contributed by atoms with van der Waals surface area (Å²) in [6.45, 7) is 0. The molecular weight excluding hydrogens is 416 g/mol. The molecule has 1 unspecified atom stereocenters. The van der Waals surface area contributed by atoms with E-state index in [4.69, 9.17) is 10.7 Å². The first-order valence-corrected chi connectivity index (χ1v) is 11.9. The van der Waals surface area contributed by atoms with Crippen LogP contribution in [0.5, 0.6) is 0 Å². The maximum Gasteiger partial charge on any atom is 0.232 e. The highest BCUT2D eigenvalue weighted by molar-refractivity contribution is 7.94. The molecule has 2 aliphatic rings. The topological polar surface area (TPSA) is 97.8 Å². The van der Waals surface area contributed by atoms with E-state index in [0.717, 1.165) is 44.8 Å². The Morgan fingerprint density at radius 1 is 1.27 bits per heavy atom. The molecule has 3 N–H and O–H groups in total. The second-order valence-electron chi connectivity index (χ2n) is 7.63. The van der Waals surface area contributed by atoms with Crippen molar-refractivity contribution in [3.05, 3.63) is 48.2 Å². The molecule has 1 aromatic carbocycles. The second-order valence-corrected chi connectivity index (χ2v) is 10.6. The van der Waals surface area contributed by atoms with Gasteiger partial charge in [-0.15, -0.1) is 0 Å². The van der Waals surface area contributed by atoms with E-state index in [0.29, 0.717) is 17.1 Å². The van der Waals surface area contributed by atoms with Crippen LogP contribution in [0.25, 0.3) is 27.0 Å². The van der Waals surface area contributed by atoms with E-state index >= 15 is 0 Å².